The summed E-state index contributed by atoms with van der Waals surface area (Å²) in [6.07, 6.45) is -0.984. The van der Waals surface area contributed by atoms with Crippen LogP contribution in [0.15, 0.2) is 66.7 Å². The third kappa shape index (κ3) is 6.67. The van der Waals surface area contributed by atoms with Crippen LogP contribution in [0.2, 0.25) is 0 Å². The Kier molecular flexibility index (Phi) is 7.80. The first-order chi connectivity index (χ1) is 15.9. The van der Waals surface area contributed by atoms with E-state index in [9.17, 15) is 18.4 Å². The van der Waals surface area contributed by atoms with Crippen LogP contribution in [0.5, 0.6) is 17.2 Å². The molecule has 7 nitrogen and oxygen atoms in total. The van der Waals surface area contributed by atoms with Gasteiger partial charge in [0.1, 0.15) is 5.75 Å². The van der Waals surface area contributed by atoms with Crippen LogP contribution in [0.1, 0.15) is 6.92 Å². The summed E-state index contributed by atoms with van der Waals surface area (Å²) in [6, 6.07) is 16.4. The maximum absolute atomic E-state index is 13.3. The molecule has 0 aliphatic rings. The molecule has 0 aliphatic heterocycles. The van der Waals surface area contributed by atoms with Crippen LogP contribution in [0.3, 0.4) is 0 Å². The molecule has 0 bridgehead atoms. The minimum absolute atomic E-state index is 0.0209. The Morgan fingerprint density at radius 2 is 1.58 bits per heavy atom. The standard InChI is InChI=1S/C24H22F2N2O5/c1-15(33-18-10-11-19(25)20(26)13-18)24(30)28-17-7-5-6-16(12-17)27-23(29)14-32-22-9-4-3-8-21(22)31-2/h3-13,15H,14H2,1-2H3,(H,27,29)(H,28,30). The SMILES string of the molecule is COc1ccccc1OCC(=O)Nc1cccc(NC(=O)C(C)Oc2ccc(F)c(F)c2)c1. The Hall–Kier alpha value is -4.14. The van der Waals surface area contributed by atoms with Crippen LogP contribution < -0.4 is 24.8 Å². The average molecular weight is 456 g/mol. The Morgan fingerprint density at radius 1 is 0.879 bits per heavy atom. The van der Waals surface area contributed by atoms with Crippen LogP contribution in [-0.4, -0.2) is 31.6 Å². The van der Waals surface area contributed by atoms with Gasteiger partial charge in [-0.1, -0.05) is 18.2 Å². The number of amides is 2. The average Bonchev–Trinajstić information content (AvgIpc) is 2.80. The predicted molar refractivity (Wildman–Crippen MR) is 119 cm³/mol. The Labute approximate surface area is 189 Å². The third-order valence-electron chi connectivity index (χ3n) is 4.41. The van der Waals surface area contributed by atoms with Gasteiger partial charge < -0.3 is 24.8 Å². The van der Waals surface area contributed by atoms with Crippen LogP contribution >= 0.6 is 0 Å². The lowest BCUT2D eigenvalue weighted by atomic mass is 10.2. The van der Waals surface area contributed by atoms with Gasteiger partial charge >= 0.3 is 0 Å². The summed E-state index contributed by atoms with van der Waals surface area (Å²) in [6.45, 7) is 1.23. The molecule has 172 valence electrons. The Balaban J connectivity index is 1.54. The molecular weight excluding hydrogens is 434 g/mol. The first-order valence-corrected chi connectivity index (χ1v) is 9.94. The lowest BCUT2D eigenvalue weighted by Gasteiger charge is -2.15. The zero-order valence-electron chi connectivity index (χ0n) is 17.9. The van der Waals surface area contributed by atoms with Crippen molar-refractivity contribution in [3.63, 3.8) is 0 Å². The van der Waals surface area contributed by atoms with Crippen molar-refractivity contribution in [2.75, 3.05) is 24.4 Å². The van der Waals surface area contributed by atoms with Gasteiger partial charge in [-0.3, -0.25) is 9.59 Å². The zero-order valence-corrected chi connectivity index (χ0v) is 17.9. The van der Waals surface area contributed by atoms with Gasteiger partial charge in [-0.05, 0) is 49.4 Å². The quantitative estimate of drug-likeness (QED) is 0.499. The van der Waals surface area contributed by atoms with Crippen LogP contribution in [-0.2, 0) is 9.59 Å². The van der Waals surface area contributed by atoms with Gasteiger partial charge in [-0.2, -0.15) is 0 Å². The number of rotatable bonds is 9. The van der Waals surface area contributed by atoms with E-state index in [1.807, 2.05) is 0 Å². The van der Waals surface area contributed by atoms with Crippen molar-refractivity contribution in [3.8, 4) is 17.2 Å². The molecule has 3 aromatic rings. The molecule has 3 rings (SSSR count). The summed E-state index contributed by atoms with van der Waals surface area (Å²) in [4.78, 5) is 24.6. The molecule has 0 aromatic heterocycles. The van der Waals surface area contributed by atoms with Crippen LogP contribution in [0.25, 0.3) is 0 Å². The van der Waals surface area contributed by atoms with E-state index in [2.05, 4.69) is 10.6 Å². The van der Waals surface area contributed by atoms with Crippen molar-refractivity contribution in [2.45, 2.75) is 13.0 Å². The molecule has 1 atom stereocenters. The van der Waals surface area contributed by atoms with Gasteiger partial charge in [-0.25, -0.2) is 8.78 Å². The van der Waals surface area contributed by atoms with Gasteiger partial charge in [0.2, 0.25) is 0 Å². The molecule has 3 aromatic carbocycles. The van der Waals surface area contributed by atoms with Gasteiger partial charge in [0.15, 0.2) is 35.8 Å². The van der Waals surface area contributed by atoms with Crippen molar-refractivity contribution in [3.05, 3.63) is 78.4 Å². The monoisotopic (exact) mass is 456 g/mol. The molecule has 0 saturated carbocycles. The first kappa shape index (κ1) is 23.5. The fraction of sp³-hybridized carbons (Fsp3) is 0.167. The second kappa shape index (κ2) is 10.9. The number of anilines is 2. The van der Waals surface area contributed by atoms with E-state index >= 15 is 0 Å². The lowest BCUT2D eigenvalue weighted by molar-refractivity contribution is -0.122. The maximum Gasteiger partial charge on any atom is 0.265 e. The maximum atomic E-state index is 13.3. The van der Waals surface area contributed by atoms with E-state index in [-0.39, 0.29) is 12.4 Å². The number of nitrogens with one attached hydrogen (secondary N) is 2. The number of methoxy groups -OCH3 is 1. The van der Waals surface area contributed by atoms with E-state index in [0.29, 0.717) is 22.9 Å². The number of benzene rings is 3. The second-order valence-corrected chi connectivity index (χ2v) is 6.89. The summed E-state index contributed by atoms with van der Waals surface area (Å²) < 4.78 is 42.4. The zero-order chi connectivity index (χ0) is 23.8. The molecule has 2 N–H and O–H groups in total. The Bertz CT molecular complexity index is 1140. The van der Waals surface area contributed by atoms with E-state index in [1.165, 1.54) is 20.1 Å². The summed E-state index contributed by atoms with van der Waals surface area (Å²) in [7, 11) is 1.51. The van der Waals surface area contributed by atoms with E-state index in [4.69, 9.17) is 14.2 Å². The number of hydrogen-bond acceptors (Lipinski definition) is 5. The highest BCUT2D eigenvalue weighted by atomic mass is 19.2. The van der Waals surface area contributed by atoms with Crippen LogP contribution in [0.4, 0.5) is 20.2 Å². The summed E-state index contributed by atoms with van der Waals surface area (Å²) in [5.41, 5.74) is 0.847. The molecule has 1 unspecified atom stereocenters. The van der Waals surface area contributed by atoms with Crippen molar-refractivity contribution >= 4 is 23.2 Å². The minimum atomic E-state index is -1.07. The van der Waals surface area contributed by atoms with Crippen molar-refractivity contribution < 1.29 is 32.6 Å². The number of ether oxygens (including phenoxy) is 3. The molecule has 33 heavy (non-hydrogen) atoms. The molecule has 0 saturated heterocycles. The number of halogens is 2. The summed E-state index contributed by atoms with van der Waals surface area (Å²) in [5, 5.41) is 5.32. The van der Waals surface area contributed by atoms with Crippen LogP contribution in [0, 0.1) is 11.6 Å². The van der Waals surface area contributed by atoms with Crippen molar-refractivity contribution in [2.24, 2.45) is 0 Å². The normalized spacial score (nSPS) is 11.3. The van der Waals surface area contributed by atoms with Gasteiger partial charge in [0.05, 0.1) is 7.11 Å². The molecule has 0 radical (unpaired) electrons. The highest BCUT2D eigenvalue weighted by Gasteiger charge is 2.16. The molecule has 0 heterocycles. The number of carbonyl (C=O) groups is 2. The topological polar surface area (TPSA) is 85.9 Å². The molecule has 0 aliphatic carbocycles. The van der Waals surface area contributed by atoms with Gasteiger partial charge in [0, 0.05) is 17.4 Å². The molecule has 9 heteroatoms. The summed E-state index contributed by atoms with van der Waals surface area (Å²) in [5.74, 6) is -2.03. The second-order valence-electron chi connectivity index (χ2n) is 6.89. The third-order valence-corrected chi connectivity index (χ3v) is 4.41. The minimum Gasteiger partial charge on any atom is -0.493 e. The molecule has 0 spiro atoms. The first-order valence-electron chi connectivity index (χ1n) is 9.94. The van der Waals surface area contributed by atoms with Gasteiger partial charge in [-0.15, -0.1) is 0 Å². The molecule has 2 amide bonds. The lowest BCUT2D eigenvalue weighted by Crippen LogP contribution is -2.30. The number of hydrogen-bond donors (Lipinski definition) is 2. The van der Waals surface area contributed by atoms with E-state index in [0.717, 1.165) is 12.1 Å². The number of carbonyl (C=O) groups excluding carboxylic acids is 2. The Morgan fingerprint density at radius 3 is 2.27 bits per heavy atom. The smallest absolute Gasteiger partial charge is 0.265 e. The largest absolute Gasteiger partial charge is 0.493 e. The van der Waals surface area contributed by atoms with Crippen molar-refractivity contribution in [1.29, 1.82) is 0 Å². The number of para-hydroxylation sites is 2. The highest BCUT2D eigenvalue weighted by molar-refractivity contribution is 5.96. The highest BCUT2D eigenvalue weighted by Crippen LogP contribution is 2.25. The van der Waals surface area contributed by atoms with Crippen molar-refractivity contribution in [1.82, 2.24) is 0 Å². The fourth-order valence-electron chi connectivity index (χ4n) is 2.80. The van der Waals surface area contributed by atoms with E-state index < -0.39 is 29.6 Å². The van der Waals surface area contributed by atoms with E-state index in [1.54, 1.807) is 48.5 Å². The predicted octanol–water partition coefficient (Wildman–Crippen LogP) is 4.40. The fourth-order valence-corrected chi connectivity index (χ4v) is 2.80. The van der Waals surface area contributed by atoms with Gasteiger partial charge in [0.25, 0.3) is 11.8 Å². The summed E-state index contributed by atoms with van der Waals surface area (Å²) >= 11 is 0. The molecule has 0 fully saturated rings. The molecular formula is C24H22F2N2O5.